The molecule has 1 aliphatic carbocycles. The third-order valence-corrected chi connectivity index (χ3v) is 5.24. The van der Waals surface area contributed by atoms with Crippen molar-refractivity contribution in [2.75, 3.05) is 6.61 Å². The largest absolute Gasteiger partial charge is 0.490 e. The molecule has 0 saturated heterocycles. The lowest BCUT2D eigenvalue weighted by Gasteiger charge is -2.22. The molecule has 0 bridgehead atoms. The van der Waals surface area contributed by atoms with Crippen LogP contribution >= 0.6 is 11.6 Å². The van der Waals surface area contributed by atoms with Gasteiger partial charge in [0.05, 0.1) is 17.3 Å². The van der Waals surface area contributed by atoms with Gasteiger partial charge in [-0.25, -0.2) is 4.98 Å². The van der Waals surface area contributed by atoms with E-state index in [4.69, 9.17) is 16.3 Å². The maximum atomic E-state index is 12.6. The van der Waals surface area contributed by atoms with Gasteiger partial charge in [-0.3, -0.25) is 14.1 Å². The number of fused-ring (bicyclic) bond motifs is 1. The van der Waals surface area contributed by atoms with Gasteiger partial charge in [0.2, 0.25) is 0 Å². The molecule has 9 heteroatoms. The molecule has 31 heavy (non-hydrogen) atoms. The molecule has 1 aromatic carbocycles. The first-order valence-corrected chi connectivity index (χ1v) is 10.4. The Kier molecular flexibility index (Phi) is 6.38. The van der Waals surface area contributed by atoms with Gasteiger partial charge in [0.25, 0.3) is 5.56 Å². The van der Waals surface area contributed by atoms with Crippen LogP contribution in [0.25, 0.3) is 5.65 Å². The summed E-state index contributed by atoms with van der Waals surface area (Å²) in [7, 11) is 0. The van der Waals surface area contributed by atoms with Crippen molar-refractivity contribution in [3.8, 4) is 11.5 Å². The van der Waals surface area contributed by atoms with Gasteiger partial charge in [-0.1, -0.05) is 17.7 Å². The van der Waals surface area contributed by atoms with Crippen LogP contribution < -0.4 is 15.0 Å². The van der Waals surface area contributed by atoms with E-state index in [9.17, 15) is 13.6 Å². The molecule has 0 N–H and O–H groups in total. The van der Waals surface area contributed by atoms with Gasteiger partial charge in [-0.15, -0.1) is 0 Å². The third kappa shape index (κ3) is 5.32. The fourth-order valence-electron chi connectivity index (χ4n) is 3.52. The molecule has 0 aliphatic heterocycles. The number of nitrogens with zero attached hydrogens (tertiary/aromatic N) is 3. The summed E-state index contributed by atoms with van der Waals surface area (Å²) < 4.78 is 36.7. The van der Waals surface area contributed by atoms with Crippen LogP contribution in [0.2, 0.25) is 5.02 Å². The number of ether oxygens (including phenoxy) is 2. The standard InChI is InChI=1S/C22H22ClF2N3O3/c1-2-30-19-9-14(3-7-18(19)31-22(24)25)11-27(17-5-6-17)13-16-10-21(29)28-12-15(23)4-8-20(28)26-16/h3-4,7-10,12,17,22H,2,5-6,11,13H2,1H3. The van der Waals surface area contributed by atoms with Gasteiger partial charge in [0.1, 0.15) is 5.65 Å². The fraction of sp³-hybridized carbons (Fsp3) is 0.364. The van der Waals surface area contributed by atoms with E-state index in [0.717, 1.165) is 18.4 Å². The topological polar surface area (TPSA) is 56.1 Å². The number of hydrogen-bond acceptors (Lipinski definition) is 5. The highest BCUT2D eigenvalue weighted by atomic mass is 35.5. The van der Waals surface area contributed by atoms with E-state index in [0.29, 0.717) is 42.1 Å². The highest BCUT2D eigenvalue weighted by molar-refractivity contribution is 6.30. The number of aromatic nitrogens is 2. The zero-order chi connectivity index (χ0) is 22.0. The Balaban J connectivity index is 1.56. The molecule has 2 heterocycles. The first-order valence-electron chi connectivity index (χ1n) is 10.1. The molecule has 2 aromatic heterocycles. The Morgan fingerprint density at radius 2 is 2.00 bits per heavy atom. The van der Waals surface area contributed by atoms with Crippen LogP contribution in [0.3, 0.4) is 0 Å². The summed E-state index contributed by atoms with van der Waals surface area (Å²) in [5.74, 6) is 0.302. The van der Waals surface area contributed by atoms with Gasteiger partial charge in [-0.05, 0) is 49.6 Å². The molecule has 1 fully saturated rings. The van der Waals surface area contributed by atoms with Crippen molar-refractivity contribution in [3.63, 3.8) is 0 Å². The van der Waals surface area contributed by atoms with Gasteiger partial charge >= 0.3 is 6.61 Å². The number of benzene rings is 1. The summed E-state index contributed by atoms with van der Waals surface area (Å²) in [4.78, 5) is 19.3. The molecule has 1 saturated carbocycles. The first kappa shape index (κ1) is 21.5. The summed E-state index contributed by atoms with van der Waals surface area (Å²) >= 11 is 5.97. The van der Waals surface area contributed by atoms with Crippen molar-refractivity contribution in [2.24, 2.45) is 0 Å². The average Bonchev–Trinajstić information content (AvgIpc) is 3.55. The third-order valence-electron chi connectivity index (χ3n) is 5.01. The minimum atomic E-state index is -2.92. The number of alkyl halides is 2. The number of pyridine rings is 1. The summed E-state index contributed by atoms with van der Waals surface area (Å²) in [6, 6.07) is 10.3. The predicted octanol–water partition coefficient (Wildman–Crippen LogP) is 4.51. The van der Waals surface area contributed by atoms with Crippen molar-refractivity contribution in [1.82, 2.24) is 14.3 Å². The maximum absolute atomic E-state index is 12.6. The first-order chi connectivity index (χ1) is 14.9. The molecule has 0 atom stereocenters. The number of rotatable bonds is 9. The fourth-order valence-corrected chi connectivity index (χ4v) is 3.68. The van der Waals surface area contributed by atoms with E-state index in [-0.39, 0.29) is 17.1 Å². The van der Waals surface area contributed by atoms with Crippen LogP contribution in [0.5, 0.6) is 11.5 Å². The average molecular weight is 450 g/mol. The summed E-state index contributed by atoms with van der Waals surface area (Å²) in [5, 5.41) is 0.466. The summed E-state index contributed by atoms with van der Waals surface area (Å²) in [5.41, 5.74) is 1.92. The molecule has 4 rings (SSSR count). The zero-order valence-electron chi connectivity index (χ0n) is 16.9. The molecule has 1 aliphatic rings. The second-order valence-electron chi connectivity index (χ2n) is 7.39. The quantitative estimate of drug-likeness (QED) is 0.481. The predicted molar refractivity (Wildman–Crippen MR) is 113 cm³/mol. The van der Waals surface area contributed by atoms with E-state index in [1.165, 1.54) is 16.5 Å². The van der Waals surface area contributed by atoms with Crippen LogP contribution in [0.1, 0.15) is 31.0 Å². The Morgan fingerprint density at radius 3 is 2.71 bits per heavy atom. The molecule has 0 unspecified atom stereocenters. The molecule has 3 aromatic rings. The molecule has 0 radical (unpaired) electrons. The minimum absolute atomic E-state index is 0.0152. The van der Waals surface area contributed by atoms with Gasteiger partial charge in [0, 0.05) is 31.4 Å². The van der Waals surface area contributed by atoms with Crippen molar-refractivity contribution in [2.45, 2.75) is 45.5 Å². The number of halogens is 3. The molecule has 6 nitrogen and oxygen atoms in total. The highest BCUT2D eigenvalue weighted by Crippen LogP contribution is 2.33. The maximum Gasteiger partial charge on any atom is 0.387 e. The smallest absolute Gasteiger partial charge is 0.387 e. The van der Waals surface area contributed by atoms with Crippen molar-refractivity contribution in [3.05, 3.63) is 69.2 Å². The number of hydrogen-bond donors (Lipinski definition) is 0. The molecule has 164 valence electrons. The Hall–Kier alpha value is -2.71. The Morgan fingerprint density at radius 1 is 1.19 bits per heavy atom. The van der Waals surface area contributed by atoms with Crippen molar-refractivity contribution in [1.29, 1.82) is 0 Å². The van der Waals surface area contributed by atoms with E-state index < -0.39 is 6.61 Å². The van der Waals surface area contributed by atoms with Crippen molar-refractivity contribution >= 4 is 17.2 Å². The highest BCUT2D eigenvalue weighted by Gasteiger charge is 2.29. The monoisotopic (exact) mass is 449 g/mol. The normalized spacial score (nSPS) is 13.9. The molecular formula is C22H22ClF2N3O3. The molecule has 0 spiro atoms. The summed E-state index contributed by atoms with van der Waals surface area (Å²) in [6.45, 7) is 0.275. The SMILES string of the molecule is CCOc1cc(CN(Cc2cc(=O)n3cc(Cl)ccc3n2)C2CC2)ccc1OC(F)F. The van der Waals surface area contributed by atoms with Gasteiger partial charge in [0.15, 0.2) is 11.5 Å². The van der Waals surface area contributed by atoms with E-state index in [2.05, 4.69) is 14.6 Å². The van der Waals surface area contributed by atoms with Crippen molar-refractivity contribution < 1.29 is 18.3 Å². The molecular weight excluding hydrogens is 428 g/mol. The van der Waals surface area contributed by atoms with E-state index in [1.807, 2.05) is 0 Å². The molecule has 0 amide bonds. The van der Waals surface area contributed by atoms with E-state index in [1.54, 1.807) is 37.4 Å². The zero-order valence-corrected chi connectivity index (χ0v) is 17.7. The Labute approximate surface area is 183 Å². The van der Waals surface area contributed by atoms with E-state index >= 15 is 0 Å². The van der Waals surface area contributed by atoms with Crippen LogP contribution in [0, 0.1) is 0 Å². The summed E-state index contributed by atoms with van der Waals surface area (Å²) in [6.07, 6.45) is 3.67. The van der Waals surface area contributed by atoms with Crippen LogP contribution in [-0.4, -0.2) is 33.5 Å². The second kappa shape index (κ2) is 9.20. The van der Waals surface area contributed by atoms with Gasteiger partial charge < -0.3 is 9.47 Å². The van der Waals surface area contributed by atoms with Crippen LogP contribution in [-0.2, 0) is 13.1 Å². The van der Waals surface area contributed by atoms with Crippen LogP contribution in [0.4, 0.5) is 8.78 Å². The minimum Gasteiger partial charge on any atom is -0.490 e. The lowest BCUT2D eigenvalue weighted by Crippen LogP contribution is -2.27. The second-order valence-corrected chi connectivity index (χ2v) is 7.83. The van der Waals surface area contributed by atoms with Gasteiger partial charge in [-0.2, -0.15) is 8.78 Å². The van der Waals surface area contributed by atoms with Crippen LogP contribution in [0.15, 0.2) is 47.4 Å². The lowest BCUT2D eigenvalue weighted by molar-refractivity contribution is -0.0514. The lowest BCUT2D eigenvalue weighted by atomic mass is 10.1. The Bertz CT molecular complexity index is 1130.